The molecule has 0 aromatic rings. The molecule has 140 heavy (non-hydrogen) atoms. The monoisotopic (exact) mass is 2360 g/mol. The predicted octanol–water partition coefficient (Wildman–Crippen LogP) is -47.6. The van der Waals surface area contributed by atoms with Gasteiger partial charge in [-0.15, -0.1) is 50.5 Å². The smallest absolute Gasteiger partial charge is 0.726 e. The number of aliphatic hydroxyl groups is 10. The van der Waals surface area contributed by atoms with Crippen LogP contribution in [-0.4, -0.2) is 407 Å². The SMILES string of the molecule is O=C=O.O=S(=O)([O-])O.O=S(=O)([O-])O.O=S(=O)([O-])O.O=S(=O)([O-])O.O=S(=O)([O-])O.O=S(=O)([O-])O.O=S(=O)=O.O=S(=O)=O.O=S(=O)=O.O=S(=O)=O.[CH2-]C1O[C@H](OC(C)(C)C)C([NH-])[C@@H](O)[C@@H]1O.[CH2-]C1O[C@H](OC(C)(C)C)C([NH-])[CH-][C@@H]1O.[CH2-]C1O[C@H](O[C@@H]2C(C(=O)[O-])O[C@@H](OC(C)(C)C)C(O)[C@H]2O)C([NH-])[C@@H](O)[C@@H]1O.[CH2-]C1O[C@H](O[C@@H]2[CH-]O[C@@H](OC(C)(C)C)C(O)[CH-]2)C([NH-])[C@@H](O)[C@@H]1O.[Na+].[Na+].[Na+].[Na+].[Na+].[Na+].[Na+].[Na+].[Na+].[Na+].[Na+].[Na+]. The Morgan fingerprint density at radius 2 is 0.543 bits per heavy atom. The van der Waals surface area contributed by atoms with Gasteiger partial charge in [0.05, 0.1) is 65.0 Å². The molecule has 0 saturated carbocycles. The Balaban J connectivity index is -0.0000000604. The van der Waals surface area contributed by atoms with Gasteiger partial charge in [-0.25, -0.2) is 63.2 Å². The van der Waals surface area contributed by atoms with Crippen LogP contribution in [0, 0.1) is 47.1 Å². The van der Waals surface area contributed by atoms with Gasteiger partial charge in [0.2, 0.25) is 62.4 Å². The Morgan fingerprint density at radius 1 is 0.336 bits per heavy atom. The van der Waals surface area contributed by atoms with Gasteiger partial charge in [0.15, 0.2) is 6.29 Å². The minimum absolute atomic E-state index is 0. The molecule has 27 atom stereocenters. The summed E-state index contributed by atoms with van der Waals surface area (Å²) in [5.41, 5.74) is 28.9. The summed E-state index contributed by atoms with van der Waals surface area (Å²) < 4.78 is 363. The summed E-state index contributed by atoms with van der Waals surface area (Å²) in [7, 11) is -41.9. The van der Waals surface area contributed by atoms with Crippen LogP contribution in [0.5, 0.6) is 0 Å². The first kappa shape index (κ1) is 198. The van der Waals surface area contributed by atoms with Crippen LogP contribution in [0.2, 0.25) is 0 Å². The van der Waals surface area contributed by atoms with Crippen molar-refractivity contribution in [2.75, 3.05) is 0 Å². The molecule has 0 bridgehead atoms. The second-order valence-electron chi connectivity index (χ2n) is 27.0. The van der Waals surface area contributed by atoms with Crippen molar-refractivity contribution in [1.82, 2.24) is 0 Å². The van der Waals surface area contributed by atoms with Gasteiger partial charge in [0, 0.05) is 0 Å². The number of carbonyl (C=O) groups excluding carboxylic acids is 3. The summed E-state index contributed by atoms with van der Waals surface area (Å²) in [6.45, 7) is 37.2. The Morgan fingerprint density at radius 3 is 0.779 bits per heavy atom. The molecule has 6 saturated heterocycles. The van der Waals surface area contributed by atoms with Gasteiger partial charge in [-0.05, 0) is 108 Å². The number of carbonyl (C=O) groups is 1. The number of carboxylic acids is 1. The Hall–Kier alpha value is 7.51. The van der Waals surface area contributed by atoms with E-state index in [2.05, 4.69) is 27.7 Å². The summed E-state index contributed by atoms with van der Waals surface area (Å²) in [5.74, 6) is -1.74. The van der Waals surface area contributed by atoms with Gasteiger partial charge in [-0.3, -0.25) is 33.7 Å². The molecule has 0 aromatic heterocycles. The van der Waals surface area contributed by atoms with Gasteiger partial charge >= 0.3 is 403 Å². The van der Waals surface area contributed by atoms with Gasteiger partial charge in [-0.1, -0.05) is 30.3 Å². The van der Waals surface area contributed by atoms with E-state index in [0.29, 0.717) is 0 Å². The Kier molecular flexibility index (Phi) is 136. The Bertz CT molecular complexity index is 4040. The summed E-state index contributed by atoms with van der Waals surface area (Å²) in [5, 5.41) is 109. The molecule has 11 unspecified atom stereocenters. The molecule has 0 spiro atoms. The van der Waals surface area contributed by atoms with Crippen LogP contribution in [0.3, 0.4) is 0 Å². The first-order valence-corrected chi connectivity index (χ1v) is 44.3. The Labute approximate surface area is 1080 Å². The third kappa shape index (κ3) is 138. The van der Waals surface area contributed by atoms with Gasteiger partial charge < -0.3 is 202 Å². The van der Waals surface area contributed by atoms with Crippen molar-refractivity contribution in [3.63, 3.8) is 0 Å². The van der Waals surface area contributed by atoms with Crippen LogP contribution in [0.15, 0.2) is 0 Å². The number of aliphatic hydroxyl groups excluding tert-OH is 10. The first-order chi connectivity index (χ1) is 56.3. The topological polar surface area (TPSA) is 1150 Å². The van der Waals surface area contributed by atoms with Crippen LogP contribution in [0.4, 0.5) is 0 Å². The zero-order valence-electron chi connectivity index (χ0n) is 79.2. The number of ether oxygens (including phenoxy) is 12. The van der Waals surface area contributed by atoms with Gasteiger partial charge in [-0.2, -0.15) is 15.7 Å². The fourth-order valence-corrected chi connectivity index (χ4v) is 7.71. The van der Waals surface area contributed by atoms with E-state index in [1.807, 2.05) is 62.3 Å². The number of hydrogen-bond acceptors (Lipinski definition) is 56. The van der Waals surface area contributed by atoms with Crippen molar-refractivity contribution in [3.05, 3.63) is 70.1 Å². The summed E-state index contributed by atoms with van der Waals surface area (Å²) in [6, 6.07) is -4.40. The molecule has 88 heteroatoms. The molecule has 20 N–H and O–H groups in total. The standard InChI is InChI=1S/C16H27NO10.C15H25NO7.C10H19NO4.C10H18NO3.CO2.12Na.6H2O4S.4O3S/c1-5-7(18)8(19)6(17)14(24-5)25-11-9(20)10(21)15(27-16(2,3)4)26-12(11)13(22)23;1-7-11(18)12(19)10(16)14(21-7)22-8-5-9(17)13(20-6-8)23-15(2,3)4;1-5-7(12)8(13)6(11)9(14-5)15-10(2,3)4;1-6-8(12)5-7(11)9(13-6)14-10(2,3)4;2-1-3;;;;;;;;;;;;;6*1-5(2,3)4;4*1-4(2)3/h5-12,14-15,17-21H,1H2,2-4H3,(H,22,23);5-14,16-19H,1H2,2-4H3;5-9,11-13H,1H2,2-4H3;5-9,11-12H,1H2,2-4H3;;;;;;;;;;;;;;6*(H2,1,2,3,4);;;;/q-2;-4;-2;-3;;12*+1;;;;;;;;;;/p-7/t5?,6?,7-,8-,9-,10?,11+,12?,14-,15+;7?,8-,9?,10?,11+,12+,13-,14+;5?,6?,7-,8-,9-;6?,7?,8-,9+;;;;;;;;;;;;;;;;;;;;;;;/m1010......................./s1. The molecule has 772 valence electrons. The number of nitrogens with one attached hydrogen (secondary N) is 4. The second kappa shape index (κ2) is 96.3. The van der Waals surface area contributed by atoms with Crippen LogP contribution < -0.4 is 360 Å². The van der Waals surface area contributed by atoms with E-state index in [1.165, 1.54) is 19.4 Å². The molecule has 6 aliphatic rings. The average molecular weight is 2360 g/mol. The van der Waals surface area contributed by atoms with Crippen molar-refractivity contribution < 1.29 is 638 Å². The largest absolute Gasteiger partial charge is 1.00 e. The van der Waals surface area contributed by atoms with E-state index in [-0.39, 0.29) is 366 Å². The van der Waals surface area contributed by atoms with E-state index in [1.54, 1.807) is 20.8 Å². The third-order valence-corrected chi connectivity index (χ3v) is 11.7. The average Bonchev–Trinajstić information content (AvgIpc) is 0.781. The number of rotatable bonds is 9. The van der Waals surface area contributed by atoms with Crippen molar-refractivity contribution >= 4 is 117 Å². The predicted molar refractivity (Wildman–Crippen MR) is 391 cm³/mol. The van der Waals surface area contributed by atoms with Gasteiger partial charge in [0.1, 0.15) is 55.9 Å². The van der Waals surface area contributed by atoms with Crippen molar-refractivity contribution in [2.24, 2.45) is 0 Å². The first-order valence-electron chi connectivity index (χ1n) is 32.1. The molecule has 6 fully saturated rings. The normalized spacial score (nSPS) is 28.3. The number of hydrogen-bond donors (Lipinski definition) is 16. The summed E-state index contributed by atoms with van der Waals surface area (Å²) >= 11 is 0. The van der Waals surface area contributed by atoms with E-state index in [9.17, 15) is 61.0 Å². The van der Waals surface area contributed by atoms with E-state index < -0.39 is 293 Å². The maximum Gasteiger partial charge on any atom is 1.00 e. The molecule has 6 aliphatic heterocycles. The maximum atomic E-state index is 11.5. The van der Waals surface area contributed by atoms with Crippen LogP contribution in [0.1, 0.15) is 83.1 Å². The molecule has 0 aromatic carbocycles. The van der Waals surface area contributed by atoms with E-state index >= 15 is 0 Å². The number of aliphatic carboxylic acids is 1. The molecular formula is C52H94N4Na12O62S10-6. The van der Waals surface area contributed by atoms with Crippen LogP contribution >= 0.6 is 0 Å². The fourth-order valence-electron chi connectivity index (χ4n) is 7.71. The van der Waals surface area contributed by atoms with Crippen LogP contribution in [-0.2, 0) is 176 Å². The third-order valence-electron chi connectivity index (χ3n) is 11.7. The zero-order chi connectivity index (χ0) is 105. The molecular weight excluding hydrogens is 2270 g/mol. The molecule has 6 rings (SSSR count). The van der Waals surface area contributed by atoms with Crippen molar-refractivity contribution in [2.45, 2.75) is 271 Å². The molecule has 0 radical (unpaired) electrons. The second-order valence-corrected chi connectivity index (χ2v) is 33.8. The van der Waals surface area contributed by atoms with E-state index in [4.69, 9.17) is 245 Å². The van der Waals surface area contributed by atoms with E-state index in [0.717, 1.165) is 0 Å². The molecule has 6 heterocycles. The summed E-state index contributed by atoms with van der Waals surface area (Å²) in [4.78, 5) is 27.7. The molecule has 66 nitrogen and oxygen atoms in total. The minimum Gasteiger partial charge on any atom is -0.726 e. The fraction of sp³-hybridized carbons (Fsp3) is 0.827. The number of carboxylic acid groups (broad SMARTS) is 1. The van der Waals surface area contributed by atoms with Crippen molar-refractivity contribution in [3.8, 4) is 0 Å². The van der Waals surface area contributed by atoms with Gasteiger partial charge in [0.25, 0.3) is 0 Å². The zero-order valence-corrected chi connectivity index (χ0v) is 111. The van der Waals surface area contributed by atoms with Crippen molar-refractivity contribution in [1.29, 1.82) is 0 Å². The quantitative estimate of drug-likeness (QED) is 0.0441. The maximum absolute atomic E-state index is 11.5. The minimum atomic E-state index is -4.92. The molecule has 0 aliphatic carbocycles. The van der Waals surface area contributed by atoms with Crippen LogP contribution in [0.25, 0.3) is 22.9 Å². The summed E-state index contributed by atoms with van der Waals surface area (Å²) in [6.07, 6.45) is -24.1. The molecule has 0 amide bonds.